The summed E-state index contributed by atoms with van der Waals surface area (Å²) in [7, 11) is 0. The molecule has 2 rings (SSSR count). The minimum absolute atomic E-state index is 0.282. The second-order valence-electron chi connectivity index (χ2n) is 4.60. The largest absolute Gasteiger partial charge is 0.478 e. The van der Waals surface area contributed by atoms with Crippen LogP contribution >= 0.6 is 27.5 Å². The maximum absolute atomic E-state index is 13.0. The maximum Gasteiger partial charge on any atom is 0.419 e. The van der Waals surface area contributed by atoms with E-state index >= 15 is 0 Å². The van der Waals surface area contributed by atoms with E-state index in [1.165, 1.54) is 19.1 Å². The SMILES string of the molecule is CC12OC(C(F)(F)F)C(C(=O)O)=CC1=CC(Br)=CC2Cl. The van der Waals surface area contributed by atoms with E-state index in [0.29, 0.717) is 4.48 Å². The van der Waals surface area contributed by atoms with Crippen molar-refractivity contribution < 1.29 is 27.8 Å². The molecule has 1 N–H and O–H groups in total. The van der Waals surface area contributed by atoms with Crippen LogP contribution in [-0.2, 0) is 9.53 Å². The second kappa shape index (κ2) is 4.89. The number of rotatable bonds is 1. The zero-order chi connectivity index (χ0) is 15.3. The molecule has 3 nitrogen and oxygen atoms in total. The summed E-state index contributed by atoms with van der Waals surface area (Å²) in [6.45, 7) is 1.40. The maximum atomic E-state index is 13.0. The Hall–Kier alpha value is -0.790. The van der Waals surface area contributed by atoms with Gasteiger partial charge in [-0.15, -0.1) is 11.6 Å². The molecule has 0 fully saturated rings. The Bertz CT molecular complexity index is 553. The smallest absolute Gasteiger partial charge is 0.419 e. The topological polar surface area (TPSA) is 46.5 Å². The fourth-order valence-electron chi connectivity index (χ4n) is 2.08. The molecule has 20 heavy (non-hydrogen) atoms. The summed E-state index contributed by atoms with van der Waals surface area (Å²) in [6.07, 6.45) is -3.36. The number of ether oxygens (including phenoxy) is 1. The molecule has 0 aromatic rings. The van der Waals surface area contributed by atoms with Gasteiger partial charge in [-0.05, 0) is 30.7 Å². The summed E-state index contributed by atoms with van der Waals surface area (Å²) in [5.41, 5.74) is -2.00. The van der Waals surface area contributed by atoms with Gasteiger partial charge in [-0.2, -0.15) is 13.2 Å². The van der Waals surface area contributed by atoms with E-state index in [0.717, 1.165) is 6.08 Å². The van der Waals surface area contributed by atoms with Crippen molar-refractivity contribution in [3.05, 3.63) is 33.9 Å². The third-order valence-electron chi connectivity index (χ3n) is 3.20. The highest BCUT2D eigenvalue weighted by Gasteiger charge is 2.54. The minimum Gasteiger partial charge on any atom is -0.478 e. The van der Waals surface area contributed by atoms with Gasteiger partial charge in [-0.25, -0.2) is 4.79 Å². The van der Waals surface area contributed by atoms with Crippen molar-refractivity contribution in [2.45, 2.75) is 30.2 Å². The van der Waals surface area contributed by atoms with Gasteiger partial charge in [0.05, 0.1) is 11.0 Å². The number of alkyl halides is 4. The van der Waals surface area contributed by atoms with Crippen LogP contribution in [0.15, 0.2) is 33.9 Å². The lowest BCUT2D eigenvalue weighted by Crippen LogP contribution is -2.52. The number of allylic oxidation sites excluding steroid dienone is 2. The van der Waals surface area contributed by atoms with Gasteiger partial charge in [0.1, 0.15) is 5.60 Å². The molecule has 0 saturated carbocycles. The third-order valence-corrected chi connectivity index (χ3v) is 4.23. The van der Waals surface area contributed by atoms with Crippen LogP contribution in [0.2, 0.25) is 0 Å². The Labute approximate surface area is 125 Å². The highest BCUT2D eigenvalue weighted by Crippen LogP contribution is 2.45. The molecule has 0 saturated heterocycles. The predicted octanol–water partition coefficient (Wildman–Crippen LogP) is 3.54. The van der Waals surface area contributed by atoms with E-state index in [2.05, 4.69) is 15.9 Å². The Balaban J connectivity index is 2.58. The summed E-state index contributed by atoms with van der Waals surface area (Å²) in [6, 6.07) is 0. The van der Waals surface area contributed by atoms with Crippen LogP contribution < -0.4 is 0 Å². The molecule has 0 amide bonds. The first-order valence-corrected chi connectivity index (χ1v) is 6.71. The summed E-state index contributed by atoms with van der Waals surface area (Å²) in [5.74, 6) is -1.67. The first-order chi connectivity index (χ1) is 9.05. The molecule has 0 spiro atoms. The van der Waals surface area contributed by atoms with E-state index in [9.17, 15) is 18.0 Å². The fraction of sp³-hybridized carbons (Fsp3) is 0.417. The minimum atomic E-state index is -4.83. The number of hydrogen-bond acceptors (Lipinski definition) is 2. The molecular formula is C12H9BrClF3O3. The first kappa shape index (κ1) is 15.6. The van der Waals surface area contributed by atoms with Crippen LogP contribution in [0.25, 0.3) is 0 Å². The highest BCUT2D eigenvalue weighted by molar-refractivity contribution is 9.11. The van der Waals surface area contributed by atoms with Gasteiger partial charge in [0.2, 0.25) is 0 Å². The van der Waals surface area contributed by atoms with Crippen molar-refractivity contribution in [2.24, 2.45) is 0 Å². The number of carboxylic acid groups (broad SMARTS) is 1. The van der Waals surface area contributed by atoms with E-state index in [1.54, 1.807) is 0 Å². The van der Waals surface area contributed by atoms with Crippen LogP contribution in [0.3, 0.4) is 0 Å². The number of carboxylic acids is 1. The molecule has 3 unspecified atom stereocenters. The van der Waals surface area contributed by atoms with E-state index in [-0.39, 0.29) is 5.57 Å². The molecule has 1 aliphatic carbocycles. The summed E-state index contributed by atoms with van der Waals surface area (Å²) < 4.78 is 44.5. The Kier molecular flexibility index (Phi) is 3.81. The number of halogens is 5. The standard InChI is InChI=1S/C12H9BrClF3O3/c1-11-5(2-6(13)4-8(11)14)3-7(10(18)19)9(20-11)12(15,16)17/h2-4,8-9H,1H3,(H,18,19). The van der Waals surface area contributed by atoms with Gasteiger partial charge in [0.25, 0.3) is 0 Å². The van der Waals surface area contributed by atoms with Crippen molar-refractivity contribution >= 4 is 33.5 Å². The van der Waals surface area contributed by atoms with Crippen molar-refractivity contribution in [3.8, 4) is 0 Å². The van der Waals surface area contributed by atoms with Crippen LogP contribution in [0.1, 0.15) is 6.92 Å². The summed E-state index contributed by atoms with van der Waals surface area (Å²) in [4.78, 5) is 11.0. The van der Waals surface area contributed by atoms with Crippen molar-refractivity contribution in [1.82, 2.24) is 0 Å². The number of carbonyl (C=O) groups is 1. The molecule has 1 heterocycles. The summed E-state index contributed by atoms with van der Waals surface area (Å²) >= 11 is 9.22. The molecule has 110 valence electrons. The molecule has 0 aromatic heterocycles. The van der Waals surface area contributed by atoms with Gasteiger partial charge in [-0.3, -0.25) is 0 Å². The monoisotopic (exact) mass is 372 g/mol. The van der Waals surface area contributed by atoms with E-state index in [4.69, 9.17) is 21.4 Å². The Morgan fingerprint density at radius 3 is 2.60 bits per heavy atom. The van der Waals surface area contributed by atoms with Gasteiger partial charge in [-0.1, -0.05) is 15.9 Å². The molecule has 0 radical (unpaired) electrons. The number of aliphatic carboxylic acids is 1. The molecule has 2 aliphatic rings. The lowest BCUT2D eigenvalue weighted by Gasteiger charge is -2.43. The molecule has 0 aromatic carbocycles. The summed E-state index contributed by atoms with van der Waals surface area (Å²) in [5, 5.41) is 8.09. The van der Waals surface area contributed by atoms with E-state index in [1.807, 2.05) is 0 Å². The quantitative estimate of drug-likeness (QED) is 0.715. The average molecular weight is 374 g/mol. The van der Waals surface area contributed by atoms with Gasteiger partial charge < -0.3 is 9.84 Å². The Morgan fingerprint density at radius 1 is 1.50 bits per heavy atom. The molecule has 3 atom stereocenters. The normalized spacial score (nSPS) is 33.8. The third kappa shape index (κ3) is 2.54. The fourth-order valence-corrected chi connectivity index (χ4v) is 3.06. The second-order valence-corrected chi connectivity index (χ2v) is 5.99. The van der Waals surface area contributed by atoms with Crippen LogP contribution in [0, 0.1) is 0 Å². The first-order valence-electron chi connectivity index (χ1n) is 5.48. The van der Waals surface area contributed by atoms with Crippen molar-refractivity contribution in [1.29, 1.82) is 0 Å². The lowest BCUT2D eigenvalue weighted by molar-refractivity contribution is -0.234. The Morgan fingerprint density at radius 2 is 2.10 bits per heavy atom. The number of hydrogen-bond donors (Lipinski definition) is 1. The highest BCUT2D eigenvalue weighted by atomic mass is 79.9. The van der Waals surface area contributed by atoms with E-state index < -0.39 is 34.8 Å². The van der Waals surface area contributed by atoms with Crippen LogP contribution in [0.5, 0.6) is 0 Å². The molecule has 0 bridgehead atoms. The predicted molar refractivity (Wildman–Crippen MR) is 69.8 cm³/mol. The molecule has 8 heteroatoms. The van der Waals surface area contributed by atoms with Crippen molar-refractivity contribution in [3.63, 3.8) is 0 Å². The average Bonchev–Trinajstić information content (AvgIpc) is 2.28. The van der Waals surface area contributed by atoms with Crippen LogP contribution in [0.4, 0.5) is 13.2 Å². The lowest BCUT2D eigenvalue weighted by atomic mass is 9.83. The van der Waals surface area contributed by atoms with Gasteiger partial charge in [0, 0.05) is 4.48 Å². The zero-order valence-corrected chi connectivity index (χ0v) is 12.4. The van der Waals surface area contributed by atoms with Gasteiger partial charge in [0.15, 0.2) is 6.10 Å². The number of fused-ring (bicyclic) bond motifs is 1. The van der Waals surface area contributed by atoms with Crippen molar-refractivity contribution in [2.75, 3.05) is 0 Å². The molecular weight excluding hydrogens is 364 g/mol. The van der Waals surface area contributed by atoms with Crippen LogP contribution in [-0.4, -0.2) is 34.3 Å². The van der Waals surface area contributed by atoms with Gasteiger partial charge >= 0.3 is 12.1 Å². The molecule has 1 aliphatic heterocycles. The zero-order valence-electron chi connectivity index (χ0n) is 10.0.